The van der Waals surface area contributed by atoms with Crippen molar-refractivity contribution < 1.29 is 8.78 Å². The Bertz CT molecular complexity index is 926. The molecule has 6 heteroatoms. The molecular formula is C27H36F2N4. The Kier molecular flexibility index (Phi) is 6.95. The fourth-order valence-corrected chi connectivity index (χ4v) is 5.98. The zero-order chi connectivity index (χ0) is 22.8. The quantitative estimate of drug-likeness (QED) is 0.563. The summed E-state index contributed by atoms with van der Waals surface area (Å²) in [6, 6.07) is 12.2. The lowest BCUT2D eigenvalue weighted by atomic mass is 9.89. The van der Waals surface area contributed by atoms with Crippen molar-refractivity contribution in [1.29, 1.82) is 0 Å². The number of anilines is 2. The number of halogens is 2. The number of piperidine rings is 1. The van der Waals surface area contributed by atoms with Crippen molar-refractivity contribution in [3.63, 3.8) is 0 Å². The number of likely N-dealkylation sites (N-methyl/N-ethyl adjacent to an activating group) is 1. The second kappa shape index (κ2) is 10.1. The van der Waals surface area contributed by atoms with Crippen LogP contribution in [0.5, 0.6) is 0 Å². The summed E-state index contributed by atoms with van der Waals surface area (Å²) in [6.45, 7) is 12.5. The van der Waals surface area contributed by atoms with Gasteiger partial charge in [-0.1, -0.05) is 6.92 Å². The average Bonchev–Trinajstić information content (AvgIpc) is 3.15. The van der Waals surface area contributed by atoms with E-state index in [0.29, 0.717) is 6.04 Å². The number of nitrogens with zero attached hydrogens (tertiary/aromatic N) is 4. The van der Waals surface area contributed by atoms with Gasteiger partial charge in [0.2, 0.25) is 0 Å². The van der Waals surface area contributed by atoms with Gasteiger partial charge in [-0.05, 0) is 86.9 Å². The molecule has 0 aliphatic carbocycles. The summed E-state index contributed by atoms with van der Waals surface area (Å²) in [6.07, 6.45) is 3.49. The van der Waals surface area contributed by atoms with Gasteiger partial charge in [-0.3, -0.25) is 0 Å². The zero-order valence-corrected chi connectivity index (χ0v) is 19.7. The van der Waals surface area contributed by atoms with Crippen LogP contribution in [0.2, 0.25) is 0 Å². The molecule has 3 aliphatic heterocycles. The van der Waals surface area contributed by atoms with E-state index in [0.717, 1.165) is 49.5 Å². The fraction of sp³-hybridized carbons (Fsp3) is 0.556. The molecule has 0 unspecified atom stereocenters. The van der Waals surface area contributed by atoms with Crippen molar-refractivity contribution in [3.8, 4) is 0 Å². The minimum Gasteiger partial charge on any atom is -0.337 e. The van der Waals surface area contributed by atoms with Crippen molar-refractivity contribution >= 4 is 11.4 Å². The number of hydrogen-bond acceptors (Lipinski definition) is 4. The maximum absolute atomic E-state index is 14.2. The van der Waals surface area contributed by atoms with Gasteiger partial charge in [-0.15, -0.1) is 0 Å². The van der Waals surface area contributed by atoms with Crippen molar-refractivity contribution in [2.75, 3.05) is 63.8 Å². The molecule has 0 spiro atoms. The van der Waals surface area contributed by atoms with Crippen LogP contribution in [0.3, 0.4) is 0 Å². The van der Waals surface area contributed by atoms with E-state index in [1.807, 2.05) is 18.2 Å². The van der Waals surface area contributed by atoms with Gasteiger partial charge in [0.05, 0.1) is 0 Å². The largest absolute Gasteiger partial charge is 0.337 e. The summed E-state index contributed by atoms with van der Waals surface area (Å²) < 4.78 is 27.7. The summed E-state index contributed by atoms with van der Waals surface area (Å²) in [7, 11) is 0. The summed E-state index contributed by atoms with van der Waals surface area (Å²) in [5, 5.41) is 0. The third-order valence-corrected chi connectivity index (χ3v) is 7.86. The zero-order valence-electron chi connectivity index (χ0n) is 19.7. The second-order valence-electron chi connectivity index (χ2n) is 9.80. The van der Waals surface area contributed by atoms with E-state index >= 15 is 0 Å². The van der Waals surface area contributed by atoms with E-state index in [4.69, 9.17) is 0 Å². The molecule has 5 rings (SSSR count). The van der Waals surface area contributed by atoms with Gasteiger partial charge in [-0.2, -0.15) is 0 Å². The Morgan fingerprint density at radius 1 is 0.788 bits per heavy atom. The van der Waals surface area contributed by atoms with Crippen molar-refractivity contribution in [2.45, 2.75) is 38.1 Å². The predicted octanol–water partition coefficient (Wildman–Crippen LogP) is 4.69. The Morgan fingerprint density at radius 3 is 2.18 bits per heavy atom. The van der Waals surface area contributed by atoms with E-state index in [1.54, 1.807) is 12.1 Å². The van der Waals surface area contributed by atoms with Crippen LogP contribution in [0.25, 0.3) is 0 Å². The van der Waals surface area contributed by atoms with Gasteiger partial charge in [0.15, 0.2) is 0 Å². The highest BCUT2D eigenvalue weighted by molar-refractivity contribution is 5.73. The molecule has 178 valence electrons. The van der Waals surface area contributed by atoms with E-state index in [-0.39, 0.29) is 17.6 Å². The number of rotatable bonds is 7. The van der Waals surface area contributed by atoms with Crippen molar-refractivity contribution in [2.24, 2.45) is 0 Å². The number of unbranched alkanes of at least 4 members (excludes halogenated alkanes) is 1. The first-order valence-corrected chi connectivity index (χ1v) is 12.6. The molecule has 3 heterocycles. The lowest BCUT2D eigenvalue weighted by Crippen LogP contribution is -2.46. The van der Waals surface area contributed by atoms with Crippen molar-refractivity contribution in [3.05, 3.63) is 59.7 Å². The van der Waals surface area contributed by atoms with Crippen LogP contribution in [0, 0.1) is 11.6 Å². The molecule has 2 atom stereocenters. The molecule has 2 saturated heterocycles. The number of fused-ring (bicyclic) bond motifs is 3. The first-order chi connectivity index (χ1) is 16.1. The van der Waals surface area contributed by atoms with Gasteiger partial charge in [0, 0.05) is 62.6 Å². The minimum atomic E-state index is -0.226. The van der Waals surface area contributed by atoms with Gasteiger partial charge in [0.25, 0.3) is 0 Å². The molecule has 0 bridgehead atoms. The highest BCUT2D eigenvalue weighted by Crippen LogP contribution is 2.48. The molecule has 3 aliphatic rings. The van der Waals surface area contributed by atoms with Crippen LogP contribution in [-0.4, -0.2) is 79.6 Å². The topological polar surface area (TPSA) is 13.0 Å². The first-order valence-electron chi connectivity index (χ1n) is 12.6. The Hall–Kier alpha value is -2.02. The van der Waals surface area contributed by atoms with Crippen LogP contribution in [0.1, 0.15) is 37.7 Å². The van der Waals surface area contributed by atoms with Crippen LogP contribution < -0.4 is 4.90 Å². The third-order valence-electron chi connectivity index (χ3n) is 7.86. The maximum Gasteiger partial charge on any atom is 0.123 e. The van der Waals surface area contributed by atoms with E-state index < -0.39 is 0 Å². The normalized spacial score (nSPS) is 24.2. The smallest absolute Gasteiger partial charge is 0.123 e. The van der Waals surface area contributed by atoms with Gasteiger partial charge >= 0.3 is 0 Å². The first kappa shape index (κ1) is 22.8. The molecule has 0 radical (unpaired) electrons. The molecule has 2 aromatic rings. The highest BCUT2D eigenvalue weighted by atomic mass is 19.1. The van der Waals surface area contributed by atoms with E-state index in [1.165, 1.54) is 57.7 Å². The fourth-order valence-electron chi connectivity index (χ4n) is 5.98. The van der Waals surface area contributed by atoms with Gasteiger partial charge in [0.1, 0.15) is 11.6 Å². The van der Waals surface area contributed by atoms with Crippen LogP contribution >= 0.6 is 0 Å². The maximum atomic E-state index is 14.2. The highest BCUT2D eigenvalue weighted by Gasteiger charge is 2.42. The van der Waals surface area contributed by atoms with Crippen molar-refractivity contribution in [1.82, 2.24) is 14.7 Å². The SMILES string of the molecule is CCN1CCN(CCCCN2CC[C@@H]3[C@@H](C2)c2cc(F)ccc2N3c2ccc(F)cc2)CC1. The summed E-state index contributed by atoms with van der Waals surface area (Å²) in [4.78, 5) is 10.0. The summed E-state index contributed by atoms with van der Waals surface area (Å²) in [5.41, 5.74) is 3.17. The van der Waals surface area contributed by atoms with Crippen LogP contribution in [-0.2, 0) is 0 Å². The molecule has 0 aromatic heterocycles. The number of likely N-dealkylation sites (tertiary alicyclic amines) is 1. The Balaban J connectivity index is 1.19. The van der Waals surface area contributed by atoms with E-state index in [2.05, 4.69) is 26.5 Å². The third kappa shape index (κ3) is 4.93. The van der Waals surface area contributed by atoms with Gasteiger partial charge in [-0.25, -0.2) is 8.78 Å². The average molecular weight is 455 g/mol. The standard InChI is InChI=1S/C27H36F2N4/c1-2-30-15-17-31(18-16-30)12-3-4-13-32-14-11-27-25(20-32)24-19-22(29)7-10-26(24)33(27)23-8-5-21(28)6-9-23/h5-10,19,25,27H,2-4,11-18,20H2,1H3/t25-,27+/m0/s1. The molecule has 0 saturated carbocycles. The lowest BCUT2D eigenvalue weighted by Gasteiger charge is -2.39. The molecule has 0 N–H and O–H groups in total. The molecule has 4 nitrogen and oxygen atoms in total. The molecular weight excluding hydrogens is 418 g/mol. The minimum absolute atomic E-state index is 0.172. The molecule has 33 heavy (non-hydrogen) atoms. The van der Waals surface area contributed by atoms with Crippen LogP contribution in [0.15, 0.2) is 42.5 Å². The summed E-state index contributed by atoms with van der Waals surface area (Å²) >= 11 is 0. The number of hydrogen-bond donors (Lipinski definition) is 0. The number of benzene rings is 2. The summed E-state index contributed by atoms with van der Waals surface area (Å²) in [5.74, 6) is -0.110. The Morgan fingerprint density at radius 2 is 1.45 bits per heavy atom. The molecule has 0 amide bonds. The van der Waals surface area contributed by atoms with E-state index in [9.17, 15) is 8.78 Å². The number of piperazine rings is 1. The Labute approximate surface area is 196 Å². The lowest BCUT2D eigenvalue weighted by molar-refractivity contribution is 0.132. The molecule has 2 fully saturated rings. The second-order valence-corrected chi connectivity index (χ2v) is 9.80. The monoisotopic (exact) mass is 454 g/mol. The van der Waals surface area contributed by atoms with Crippen LogP contribution in [0.4, 0.5) is 20.2 Å². The van der Waals surface area contributed by atoms with Gasteiger partial charge < -0.3 is 19.6 Å². The molecule has 2 aromatic carbocycles. The predicted molar refractivity (Wildman–Crippen MR) is 130 cm³/mol.